The molecule has 192 valence electrons. The van der Waals surface area contributed by atoms with Gasteiger partial charge in [-0.3, -0.25) is 9.59 Å². The maximum atomic E-state index is 13.4. The Kier molecular flexibility index (Phi) is 8.18. The summed E-state index contributed by atoms with van der Waals surface area (Å²) in [4.78, 5) is 42.3. The van der Waals surface area contributed by atoms with E-state index in [1.54, 1.807) is 54.6 Å². The van der Waals surface area contributed by atoms with E-state index in [4.69, 9.17) is 4.74 Å². The number of carbonyl (C=O) groups is 3. The van der Waals surface area contributed by atoms with Gasteiger partial charge in [0, 0.05) is 12.2 Å². The van der Waals surface area contributed by atoms with Gasteiger partial charge in [0.15, 0.2) is 0 Å². The van der Waals surface area contributed by atoms with Crippen LogP contribution in [0.3, 0.4) is 0 Å². The average Bonchev–Trinajstić information content (AvgIpc) is 3.11. The minimum absolute atomic E-state index is 0.190. The van der Waals surface area contributed by atoms with Gasteiger partial charge in [-0.1, -0.05) is 31.2 Å². The largest absolute Gasteiger partial charge is 0.494 e. The Morgan fingerprint density at radius 3 is 2.43 bits per heavy atom. The van der Waals surface area contributed by atoms with Crippen LogP contribution in [0.5, 0.6) is 5.75 Å². The quantitative estimate of drug-likeness (QED) is 0.379. The number of imide groups is 1. The van der Waals surface area contributed by atoms with E-state index < -0.39 is 18.0 Å². The molecule has 0 saturated carbocycles. The van der Waals surface area contributed by atoms with Gasteiger partial charge in [-0.05, 0) is 79.4 Å². The van der Waals surface area contributed by atoms with Crippen LogP contribution in [0.1, 0.15) is 30.9 Å². The van der Waals surface area contributed by atoms with Crippen LogP contribution in [-0.2, 0) is 16.0 Å². The lowest BCUT2D eigenvalue weighted by Gasteiger charge is -2.21. The van der Waals surface area contributed by atoms with Crippen molar-refractivity contribution in [2.75, 3.05) is 23.4 Å². The van der Waals surface area contributed by atoms with Crippen molar-refractivity contribution in [2.45, 2.75) is 39.2 Å². The zero-order chi connectivity index (χ0) is 26.4. The molecule has 1 aliphatic heterocycles. The molecule has 0 spiro atoms. The van der Waals surface area contributed by atoms with Gasteiger partial charge in [0.05, 0.1) is 18.7 Å². The summed E-state index contributed by atoms with van der Waals surface area (Å²) in [5, 5.41) is 2.81. The molecule has 0 bridgehead atoms. The van der Waals surface area contributed by atoms with Gasteiger partial charge in [-0.25, -0.2) is 14.1 Å². The lowest BCUT2D eigenvalue weighted by molar-refractivity contribution is -0.124. The van der Waals surface area contributed by atoms with Gasteiger partial charge in [0.25, 0.3) is 5.91 Å². The number of nitrogens with zero attached hydrogens (tertiary/aromatic N) is 2. The molecule has 4 rings (SSSR count). The van der Waals surface area contributed by atoms with Gasteiger partial charge < -0.3 is 15.0 Å². The second-order valence-corrected chi connectivity index (χ2v) is 9.01. The fraction of sp³-hybridized carbons (Fsp3) is 0.276. The van der Waals surface area contributed by atoms with Crippen molar-refractivity contribution in [1.82, 2.24) is 4.90 Å². The average molecular weight is 504 g/mol. The Labute approximate surface area is 215 Å². The van der Waals surface area contributed by atoms with E-state index in [0.717, 1.165) is 22.4 Å². The number of urea groups is 1. The van der Waals surface area contributed by atoms with Crippen molar-refractivity contribution in [3.05, 3.63) is 89.7 Å². The second kappa shape index (κ2) is 11.7. The van der Waals surface area contributed by atoms with Gasteiger partial charge >= 0.3 is 6.03 Å². The molecular formula is C29H30FN3O4. The Morgan fingerprint density at radius 2 is 1.76 bits per heavy atom. The molecule has 1 atom stereocenters. The number of rotatable bonds is 10. The highest BCUT2D eigenvalue weighted by molar-refractivity contribution is 6.22. The SMILES string of the molecule is CCCOc1ccc(NC(=O)CC2C(=O)N(c3cccc(C)c3)C(=O)N2CCc2ccc(F)cc2)cc1. The number of anilines is 2. The first-order chi connectivity index (χ1) is 17.9. The van der Waals surface area contributed by atoms with Crippen molar-refractivity contribution < 1.29 is 23.5 Å². The summed E-state index contributed by atoms with van der Waals surface area (Å²) in [5.74, 6) is -0.474. The predicted molar refractivity (Wildman–Crippen MR) is 140 cm³/mol. The van der Waals surface area contributed by atoms with E-state index in [2.05, 4.69) is 5.32 Å². The molecule has 3 aromatic carbocycles. The molecule has 3 aromatic rings. The number of hydrogen-bond donors (Lipinski definition) is 1. The number of nitrogens with one attached hydrogen (secondary N) is 1. The van der Waals surface area contributed by atoms with Gasteiger partial charge in [-0.2, -0.15) is 0 Å². The number of halogens is 1. The summed E-state index contributed by atoms with van der Waals surface area (Å²) >= 11 is 0. The molecule has 4 amide bonds. The third-order valence-electron chi connectivity index (χ3n) is 6.12. The van der Waals surface area contributed by atoms with Gasteiger partial charge in [0.2, 0.25) is 5.91 Å². The maximum Gasteiger partial charge on any atom is 0.332 e. The monoisotopic (exact) mass is 503 g/mol. The molecule has 37 heavy (non-hydrogen) atoms. The topological polar surface area (TPSA) is 79.0 Å². The molecule has 1 heterocycles. The zero-order valence-corrected chi connectivity index (χ0v) is 20.9. The highest BCUT2D eigenvalue weighted by Gasteiger charge is 2.46. The summed E-state index contributed by atoms with van der Waals surface area (Å²) in [6.07, 6.45) is 1.12. The molecule has 0 radical (unpaired) electrons. The molecule has 1 unspecified atom stereocenters. The molecule has 0 aliphatic carbocycles. The lowest BCUT2D eigenvalue weighted by atomic mass is 10.1. The van der Waals surface area contributed by atoms with Crippen molar-refractivity contribution in [1.29, 1.82) is 0 Å². The molecule has 1 saturated heterocycles. The standard InChI is InChI=1S/C29H30FN3O4/c1-3-17-37-25-13-11-23(12-14-25)31-27(34)19-26-28(35)33(24-6-4-5-20(2)18-24)29(36)32(26)16-15-21-7-9-22(30)10-8-21/h4-14,18,26H,3,15-17,19H2,1-2H3,(H,31,34). The van der Waals surface area contributed by atoms with E-state index >= 15 is 0 Å². The fourth-order valence-corrected chi connectivity index (χ4v) is 4.23. The fourth-order valence-electron chi connectivity index (χ4n) is 4.23. The van der Waals surface area contributed by atoms with Crippen molar-refractivity contribution in [2.24, 2.45) is 0 Å². The number of hydrogen-bond acceptors (Lipinski definition) is 4. The molecular weight excluding hydrogens is 473 g/mol. The summed E-state index contributed by atoms with van der Waals surface area (Å²) in [6, 6.07) is 18.7. The van der Waals surface area contributed by atoms with Crippen LogP contribution in [0.4, 0.5) is 20.6 Å². The van der Waals surface area contributed by atoms with Crippen LogP contribution in [0.2, 0.25) is 0 Å². The third-order valence-corrected chi connectivity index (χ3v) is 6.12. The first-order valence-corrected chi connectivity index (χ1v) is 12.3. The van der Waals surface area contributed by atoms with E-state index in [1.165, 1.54) is 17.0 Å². The molecule has 8 heteroatoms. The van der Waals surface area contributed by atoms with E-state index in [-0.39, 0.29) is 24.7 Å². The highest BCUT2D eigenvalue weighted by Crippen LogP contribution is 2.28. The van der Waals surface area contributed by atoms with Crippen LogP contribution in [0.25, 0.3) is 0 Å². The summed E-state index contributed by atoms with van der Waals surface area (Å²) in [7, 11) is 0. The Morgan fingerprint density at radius 1 is 1.03 bits per heavy atom. The predicted octanol–water partition coefficient (Wildman–Crippen LogP) is 5.33. The minimum atomic E-state index is -0.958. The molecule has 1 N–H and O–H groups in total. The minimum Gasteiger partial charge on any atom is -0.494 e. The van der Waals surface area contributed by atoms with Gasteiger partial charge in [0.1, 0.15) is 17.6 Å². The van der Waals surface area contributed by atoms with Crippen molar-refractivity contribution in [3.63, 3.8) is 0 Å². The number of aryl methyl sites for hydroxylation is 1. The maximum absolute atomic E-state index is 13.4. The van der Waals surface area contributed by atoms with Gasteiger partial charge in [-0.15, -0.1) is 0 Å². The van der Waals surface area contributed by atoms with Crippen LogP contribution in [0.15, 0.2) is 72.8 Å². The highest BCUT2D eigenvalue weighted by atomic mass is 19.1. The van der Waals surface area contributed by atoms with Crippen LogP contribution < -0.4 is 15.0 Å². The smallest absolute Gasteiger partial charge is 0.332 e. The number of carbonyl (C=O) groups excluding carboxylic acids is 3. The molecule has 7 nitrogen and oxygen atoms in total. The zero-order valence-electron chi connectivity index (χ0n) is 20.9. The third kappa shape index (κ3) is 6.33. The van der Waals surface area contributed by atoms with Crippen molar-refractivity contribution >= 4 is 29.2 Å². The van der Waals surface area contributed by atoms with E-state index in [0.29, 0.717) is 30.2 Å². The molecule has 1 fully saturated rings. The van der Waals surface area contributed by atoms with E-state index in [9.17, 15) is 18.8 Å². The Hall–Kier alpha value is -4.20. The first kappa shape index (κ1) is 25.9. The summed E-state index contributed by atoms with van der Waals surface area (Å²) in [6.45, 7) is 4.71. The van der Waals surface area contributed by atoms with Crippen LogP contribution in [-0.4, -0.2) is 41.9 Å². The number of amides is 4. The summed E-state index contributed by atoms with van der Waals surface area (Å²) in [5.41, 5.74) is 2.76. The molecule has 1 aliphatic rings. The van der Waals surface area contributed by atoms with Crippen LogP contribution >= 0.6 is 0 Å². The lowest BCUT2D eigenvalue weighted by Crippen LogP contribution is -2.39. The number of ether oxygens (including phenoxy) is 1. The Bertz CT molecular complexity index is 1260. The van der Waals surface area contributed by atoms with Crippen molar-refractivity contribution in [3.8, 4) is 5.75 Å². The number of benzene rings is 3. The van der Waals surface area contributed by atoms with E-state index in [1.807, 2.05) is 19.9 Å². The normalized spacial score (nSPS) is 15.3. The Balaban J connectivity index is 1.50. The first-order valence-electron chi connectivity index (χ1n) is 12.3. The van der Waals surface area contributed by atoms with Crippen LogP contribution in [0, 0.1) is 12.7 Å². The molecule has 0 aromatic heterocycles. The summed E-state index contributed by atoms with van der Waals surface area (Å²) < 4.78 is 18.9. The second-order valence-electron chi connectivity index (χ2n) is 9.01.